The van der Waals surface area contributed by atoms with E-state index in [0.717, 1.165) is 9.87 Å². The van der Waals surface area contributed by atoms with Gasteiger partial charge in [0.25, 0.3) is 5.91 Å². The normalized spacial score (nSPS) is 12.7. The molecule has 0 heterocycles. The molecule has 0 spiro atoms. The Labute approximate surface area is 158 Å². The van der Waals surface area contributed by atoms with Crippen LogP contribution in [0.5, 0.6) is 5.75 Å². The number of rotatable bonds is 6. The summed E-state index contributed by atoms with van der Waals surface area (Å²) in [6.45, 7) is 1.82. The van der Waals surface area contributed by atoms with Gasteiger partial charge >= 0.3 is 0 Å². The first-order valence-corrected chi connectivity index (χ1v) is 9.66. The number of benzene rings is 2. The van der Waals surface area contributed by atoms with Crippen LogP contribution < -0.4 is 10.1 Å². The number of sulfonamides is 1. The number of carbonyl (C=O) groups excluding carboxylic acids is 1. The fourth-order valence-electron chi connectivity index (χ4n) is 2.42. The Balaban J connectivity index is 2.31. The zero-order chi connectivity index (χ0) is 19.5. The molecule has 140 valence electrons. The third-order valence-corrected chi connectivity index (χ3v) is 6.20. The summed E-state index contributed by atoms with van der Waals surface area (Å²) < 4.78 is 31.1. The molecule has 26 heavy (non-hydrogen) atoms. The van der Waals surface area contributed by atoms with Crippen LogP contribution in [0.25, 0.3) is 0 Å². The number of nitrogens with zero attached hydrogens (tertiary/aromatic N) is 1. The van der Waals surface area contributed by atoms with E-state index in [2.05, 4.69) is 5.32 Å². The van der Waals surface area contributed by atoms with Crippen LogP contribution in [0.3, 0.4) is 0 Å². The van der Waals surface area contributed by atoms with Crippen molar-refractivity contribution in [1.82, 2.24) is 9.62 Å². The lowest BCUT2D eigenvalue weighted by Crippen LogP contribution is -2.28. The maximum atomic E-state index is 12.6. The maximum absolute atomic E-state index is 12.6. The molecular formula is C18H21ClN2O4S. The van der Waals surface area contributed by atoms with E-state index in [4.69, 9.17) is 16.3 Å². The molecule has 0 aliphatic heterocycles. The molecule has 1 N–H and O–H groups in total. The van der Waals surface area contributed by atoms with Gasteiger partial charge in [-0.15, -0.1) is 0 Å². The molecule has 2 aromatic rings. The van der Waals surface area contributed by atoms with E-state index in [9.17, 15) is 13.2 Å². The molecule has 2 aromatic carbocycles. The SMILES string of the molecule is COc1ccccc1[C@H](C)NC(=O)c1ccc(Cl)c(S(=O)(=O)N(C)C)c1. The van der Waals surface area contributed by atoms with Crippen LogP contribution >= 0.6 is 11.6 Å². The van der Waals surface area contributed by atoms with Crippen molar-refractivity contribution in [3.05, 3.63) is 58.6 Å². The van der Waals surface area contributed by atoms with Crippen molar-refractivity contribution in [2.75, 3.05) is 21.2 Å². The molecule has 0 aliphatic rings. The van der Waals surface area contributed by atoms with E-state index in [1.807, 2.05) is 31.2 Å². The molecule has 0 aliphatic carbocycles. The van der Waals surface area contributed by atoms with Crippen LogP contribution in [0, 0.1) is 0 Å². The molecule has 0 saturated heterocycles. The second-order valence-corrected chi connectivity index (χ2v) is 8.40. The molecule has 2 rings (SSSR count). The fraction of sp³-hybridized carbons (Fsp3) is 0.278. The quantitative estimate of drug-likeness (QED) is 0.814. The van der Waals surface area contributed by atoms with Gasteiger partial charge in [-0.1, -0.05) is 29.8 Å². The highest BCUT2D eigenvalue weighted by Gasteiger charge is 2.23. The van der Waals surface area contributed by atoms with Crippen LogP contribution in [0.4, 0.5) is 0 Å². The molecule has 1 atom stereocenters. The molecule has 0 unspecified atom stereocenters. The monoisotopic (exact) mass is 396 g/mol. The average molecular weight is 397 g/mol. The zero-order valence-corrected chi connectivity index (χ0v) is 16.6. The lowest BCUT2D eigenvalue weighted by atomic mass is 10.1. The molecule has 6 nitrogen and oxygen atoms in total. The average Bonchev–Trinajstić information content (AvgIpc) is 2.61. The van der Waals surface area contributed by atoms with Gasteiger partial charge < -0.3 is 10.1 Å². The van der Waals surface area contributed by atoms with Crippen LogP contribution in [0.15, 0.2) is 47.4 Å². The van der Waals surface area contributed by atoms with E-state index in [1.54, 1.807) is 7.11 Å². The number of amides is 1. The highest BCUT2D eigenvalue weighted by Crippen LogP contribution is 2.27. The van der Waals surface area contributed by atoms with Gasteiger partial charge in [-0.2, -0.15) is 0 Å². The van der Waals surface area contributed by atoms with Crippen molar-refractivity contribution < 1.29 is 17.9 Å². The summed E-state index contributed by atoms with van der Waals surface area (Å²) in [7, 11) is 0.617. The fourth-order valence-corrected chi connectivity index (χ4v) is 3.81. The van der Waals surface area contributed by atoms with Crippen molar-refractivity contribution in [2.45, 2.75) is 17.9 Å². The summed E-state index contributed by atoms with van der Waals surface area (Å²) in [6.07, 6.45) is 0. The highest BCUT2D eigenvalue weighted by molar-refractivity contribution is 7.89. The minimum atomic E-state index is -3.75. The van der Waals surface area contributed by atoms with Gasteiger partial charge in [-0.25, -0.2) is 12.7 Å². The van der Waals surface area contributed by atoms with Crippen molar-refractivity contribution >= 4 is 27.5 Å². The van der Waals surface area contributed by atoms with Gasteiger partial charge in [0.15, 0.2) is 0 Å². The lowest BCUT2D eigenvalue weighted by Gasteiger charge is -2.18. The van der Waals surface area contributed by atoms with Gasteiger partial charge in [0.1, 0.15) is 10.6 Å². The number of halogens is 1. The summed E-state index contributed by atoms with van der Waals surface area (Å²) in [5.74, 6) is 0.252. The molecule has 0 saturated carbocycles. The largest absolute Gasteiger partial charge is 0.496 e. The standard InChI is InChI=1S/C18H21ClN2O4S/c1-12(14-7-5-6-8-16(14)25-4)20-18(22)13-9-10-15(19)17(11-13)26(23,24)21(2)3/h5-12H,1-4H3,(H,20,22)/t12-/m0/s1. The minimum Gasteiger partial charge on any atom is -0.496 e. The Bertz CT molecular complexity index is 913. The number of methoxy groups -OCH3 is 1. The van der Waals surface area contributed by atoms with E-state index in [-0.39, 0.29) is 21.5 Å². The van der Waals surface area contributed by atoms with E-state index in [1.165, 1.54) is 32.3 Å². The second kappa shape index (κ2) is 8.07. The predicted molar refractivity (Wildman–Crippen MR) is 101 cm³/mol. The van der Waals surface area contributed by atoms with Gasteiger partial charge in [0.05, 0.1) is 18.2 Å². The third-order valence-electron chi connectivity index (χ3n) is 3.91. The van der Waals surface area contributed by atoms with E-state index in [0.29, 0.717) is 5.75 Å². The zero-order valence-electron chi connectivity index (χ0n) is 15.0. The maximum Gasteiger partial charge on any atom is 0.251 e. The van der Waals surface area contributed by atoms with Crippen LogP contribution in [0.1, 0.15) is 28.9 Å². The van der Waals surface area contributed by atoms with Crippen LogP contribution in [-0.4, -0.2) is 39.8 Å². The summed E-state index contributed by atoms with van der Waals surface area (Å²) in [4.78, 5) is 12.5. The first-order chi connectivity index (χ1) is 12.2. The number of nitrogens with one attached hydrogen (secondary N) is 1. The summed E-state index contributed by atoms with van der Waals surface area (Å²) in [5, 5.41) is 2.91. The molecule has 1 amide bonds. The second-order valence-electron chi connectivity index (χ2n) is 5.87. The first kappa shape index (κ1) is 20.2. The molecule has 0 fully saturated rings. The Morgan fingerprint density at radius 2 is 1.85 bits per heavy atom. The highest BCUT2D eigenvalue weighted by atomic mass is 35.5. The summed E-state index contributed by atoms with van der Waals surface area (Å²) >= 11 is 6.02. The van der Waals surface area contributed by atoms with Crippen molar-refractivity contribution in [3.63, 3.8) is 0 Å². The van der Waals surface area contributed by atoms with Gasteiger partial charge in [0, 0.05) is 25.2 Å². The predicted octanol–water partition coefficient (Wildman–Crippen LogP) is 3.09. The number of hydrogen-bond donors (Lipinski definition) is 1. The molecule has 0 radical (unpaired) electrons. The Kier molecular flexibility index (Phi) is 6.28. The van der Waals surface area contributed by atoms with Gasteiger partial charge in [-0.05, 0) is 31.2 Å². The van der Waals surface area contributed by atoms with Crippen molar-refractivity contribution in [2.24, 2.45) is 0 Å². The number of ether oxygens (including phenoxy) is 1. The number of para-hydroxylation sites is 1. The smallest absolute Gasteiger partial charge is 0.251 e. The molecule has 0 aromatic heterocycles. The van der Waals surface area contributed by atoms with Gasteiger partial charge in [-0.3, -0.25) is 4.79 Å². The molecular weight excluding hydrogens is 376 g/mol. The van der Waals surface area contributed by atoms with Gasteiger partial charge in [0.2, 0.25) is 10.0 Å². The van der Waals surface area contributed by atoms with Crippen LogP contribution in [-0.2, 0) is 10.0 Å². The number of hydrogen-bond acceptors (Lipinski definition) is 4. The Hall–Kier alpha value is -2.09. The first-order valence-electron chi connectivity index (χ1n) is 7.84. The lowest BCUT2D eigenvalue weighted by molar-refractivity contribution is 0.0939. The van der Waals surface area contributed by atoms with E-state index < -0.39 is 15.9 Å². The number of carbonyl (C=O) groups is 1. The molecule has 0 bridgehead atoms. The third kappa shape index (κ3) is 4.17. The van der Waals surface area contributed by atoms with Crippen molar-refractivity contribution in [3.8, 4) is 5.75 Å². The minimum absolute atomic E-state index is 0.0630. The Morgan fingerprint density at radius 3 is 2.46 bits per heavy atom. The topological polar surface area (TPSA) is 75.7 Å². The summed E-state index contributed by atoms with van der Waals surface area (Å²) in [5.41, 5.74) is 1.02. The van der Waals surface area contributed by atoms with Crippen LogP contribution in [0.2, 0.25) is 5.02 Å². The van der Waals surface area contributed by atoms with Crippen molar-refractivity contribution in [1.29, 1.82) is 0 Å². The van der Waals surface area contributed by atoms with E-state index >= 15 is 0 Å². The Morgan fingerprint density at radius 1 is 1.19 bits per heavy atom. The molecule has 8 heteroatoms. The summed E-state index contributed by atoms with van der Waals surface area (Å²) in [6, 6.07) is 11.2.